The Hall–Kier alpha value is -2.69. The highest BCUT2D eigenvalue weighted by Gasteiger charge is 2.23. The number of benzene rings is 2. The van der Waals surface area contributed by atoms with Crippen molar-refractivity contribution < 1.29 is 9.18 Å². The Balaban J connectivity index is 1.74. The van der Waals surface area contributed by atoms with Crippen molar-refractivity contribution in [3.05, 3.63) is 66.0 Å². The lowest BCUT2D eigenvalue weighted by atomic mass is 10.0. The van der Waals surface area contributed by atoms with Crippen molar-refractivity contribution in [3.8, 4) is 0 Å². The fourth-order valence-corrected chi connectivity index (χ4v) is 2.97. The predicted molar refractivity (Wildman–Crippen MR) is 80.9 cm³/mol. The second kappa shape index (κ2) is 4.94. The number of rotatable bonds is 1. The molecule has 0 radical (unpaired) electrons. The van der Waals surface area contributed by atoms with Gasteiger partial charge in [0.25, 0.3) is 5.91 Å². The van der Waals surface area contributed by atoms with E-state index in [9.17, 15) is 9.18 Å². The average molecular weight is 295 g/mol. The standard InChI is InChI=1S/C17H14FN3O/c18-15-6-5-14(12-3-1-2-4-13(12)15)17(22)21-10-9-20-8-7-19-16(20)11-21/h1-8H,9-11H2. The maximum Gasteiger partial charge on any atom is 0.254 e. The van der Waals surface area contributed by atoms with Crippen LogP contribution in [-0.2, 0) is 13.1 Å². The number of hydrogen-bond donors (Lipinski definition) is 0. The van der Waals surface area contributed by atoms with Crippen LogP contribution in [0.1, 0.15) is 16.2 Å². The van der Waals surface area contributed by atoms with E-state index in [1.54, 1.807) is 35.4 Å². The molecule has 4 rings (SSSR count). The highest BCUT2D eigenvalue weighted by molar-refractivity contribution is 6.07. The lowest BCUT2D eigenvalue weighted by Gasteiger charge is -2.28. The monoisotopic (exact) mass is 295 g/mol. The quantitative estimate of drug-likeness (QED) is 0.692. The van der Waals surface area contributed by atoms with Gasteiger partial charge in [-0.2, -0.15) is 0 Å². The van der Waals surface area contributed by atoms with Gasteiger partial charge in [-0.05, 0) is 17.5 Å². The maximum absolute atomic E-state index is 13.9. The highest BCUT2D eigenvalue weighted by atomic mass is 19.1. The lowest BCUT2D eigenvalue weighted by molar-refractivity contribution is 0.0709. The molecule has 2 aromatic carbocycles. The number of amides is 1. The number of halogens is 1. The molecular weight excluding hydrogens is 281 g/mol. The molecule has 3 aromatic rings. The average Bonchev–Trinajstić information content (AvgIpc) is 3.02. The van der Waals surface area contributed by atoms with E-state index in [4.69, 9.17) is 0 Å². The summed E-state index contributed by atoms with van der Waals surface area (Å²) in [6.45, 7) is 1.85. The molecule has 0 fully saturated rings. The van der Waals surface area contributed by atoms with Crippen molar-refractivity contribution >= 4 is 16.7 Å². The van der Waals surface area contributed by atoms with Gasteiger partial charge in [-0.3, -0.25) is 4.79 Å². The number of imidazole rings is 1. The third kappa shape index (κ3) is 1.97. The van der Waals surface area contributed by atoms with E-state index in [2.05, 4.69) is 4.98 Å². The van der Waals surface area contributed by atoms with Crippen molar-refractivity contribution in [1.29, 1.82) is 0 Å². The highest BCUT2D eigenvalue weighted by Crippen LogP contribution is 2.24. The first-order valence-corrected chi connectivity index (χ1v) is 7.20. The van der Waals surface area contributed by atoms with Crippen LogP contribution in [0.25, 0.3) is 10.8 Å². The van der Waals surface area contributed by atoms with E-state index in [0.717, 1.165) is 12.4 Å². The summed E-state index contributed by atoms with van der Waals surface area (Å²) < 4.78 is 15.9. The minimum absolute atomic E-state index is 0.0783. The van der Waals surface area contributed by atoms with E-state index in [1.807, 2.05) is 16.8 Å². The molecule has 0 N–H and O–H groups in total. The number of hydrogen-bond acceptors (Lipinski definition) is 2. The molecule has 110 valence electrons. The Kier molecular flexibility index (Phi) is 2.92. The van der Waals surface area contributed by atoms with Crippen molar-refractivity contribution in [1.82, 2.24) is 14.5 Å². The molecule has 1 aromatic heterocycles. The largest absolute Gasteiger partial charge is 0.332 e. The summed E-state index contributed by atoms with van der Waals surface area (Å²) in [5.74, 6) is 0.498. The van der Waals surface area contributed by atoms with Crippen LogP contribution in [0.4, 0.5) is 4.39 Å². The number of nitrogens with zero attached hydrogens (tertiary/aromatic N) is 3. The summed E-state index contributed by atoms with van der Waals surface area (Å²) >= 11 is 0. The molecule has 0 aliphatic carbocycles. The molecule has 1 amide bonds. The number of carbonyl (C=O) groups excluding carboxylic acids is 1. The van der Waals surface area contributed by atoms with Crippen molar-refractivity contribution in [3.63, 3.8) is 0 Å². The zero-order chi connectivity index (χ0) is 15.1. The van der Waals surface area contributed by atoms with Crippen molar-refractivity contribution in [2.75, 3.05) is 6.54 Å². The molecule has 4 nitrogen and oxygen atoms in total. The SMILES string of the molecule is O=C(c1ccc(F)c2ccccc12)N1CCn2ccnc2C1. The van der Waals surface area contributed by atoms with E-state index in [-0.39, 0.29) is 11.7 Å². The van der Waals surface area contributed by atoms with Gasteiger partial charge >= 0.3 is 0 Å². The Morgan fingerprint density at radius 2 is 1.91 bits per heavy atom. The van der Waals surface area contributed by atoms with Crippen LogP contribution < -0.4 is 0 Å². The summed E-state index contributed by atoms with van der Waals surface area (Å²) in [7, 11) is 0. The van der Waals surface area contributed by atoms with Crippen molar-refractivity contribution in [2.24, 2.45) is 0 Å². The van der Waals surface area contributed by atoms with E-state index >= 15 is 0 Å². The Morgan fingerprint density at radius 3 is 2.77 bits per heavy atom. The van der Waals surface area contributed by atoms with E-state index in [1.165, 1.54) is 6.07 Å². The van der Waals surface area contributed by atoms with E-state index in [0.29, 0.717) is 29.4 Å². The summed E-state index contributed by atoms with van der Waals surface area (Å²) in [4.78, 5) is 18.9. The number of carbonyl (C=O) groups is 1. The van der Waals surface area contributed by atoms with Gasteiger partial charge in [-0.1, -0.05) is 24.3 Å². The molecule has 22 heavy (non-hydrogen) atoms. The van der Waals surface area contributed by atoms with Crippen molar-refractivity contribution in [2.45, 2.75) is 13.1 Å². The zero-order valence-electron chi connectivity index (χ0n) is 11.9. The zero-order valence-corrected chi connectivity index (χ0v) is 11.9. The van der Waals surface area contributed by atoms with Gasteiger partial charge in [0.15, 0.2) is 0 Å². The Labute approximate surface area is 126 Å². The molecule has 1 aliphatic heterocycles. The first kappa shape index (κ1) is 13.0. The molecule has 0 spiro atoms. The molecule has 0 saturated carbocycles. The van der Waals surface area contributed by atoms with Gasteiger partial charge in [0.1, 0.15) is 11.6 Å². The number of aromatic nitrogens is 2. The molecule has 5 heteroatoms. The summed E-state index contributed by atoms with van der Waals surface area (Å²) in [6, 6.07) is 10.0. The second-order valence-electron chi connectivity index (χ2n) is 5.40. The fraction of sp³-hybridized carbons (Fsp3) is 0.176. The predicted octanol–water partition coefficient (Wildman–Crippen LogP) is 2.83. The number of fused-ring (bicyclic) bond motifs is 2. The minimum Gasteiger partial charge on any atom is -0.332 e. The minimum atomic E-state index is -0.304. The normalized spacial score (nSPS) is 14.1. The second-order valence-corrected chi connectivity index (χ2v) is 5.40. The van der Waals surface area contributed by atoms with Crippen LogP contribution in [0.15, 0.2) is 48.8 Å². The first-order chi connectivity index (χ1) is 10.7. The van der Waals surface area contributed by atoms with Gasteiger partial charge in [0.05, 0.1) is 6.54 Å². The Bertz CT molecular complexity index is 871. The smallest absolute Gasteiger partial charge is 0.254 e. The van der Waals surface area contributed by atoms with Crippen LogP contribution in [0.3, 0.4) is 0 Å². The summed E-state index contributed by atoms with van der Waals surface area (Å²) in [5.41, 5.74) is 0.539. The first-order valence-electron chi connectivity index (χ1n) is 7.20. The van der Waals surface area contributed by atoms with Gasteiger partial charge in [0.2, 0.25) is 0 Å². The Morgan fingerprint density at radius 1 is 1.09 bits per heavy atom. The summed E-state index contributed by atoms with van der Waals surface area (Å²) in [5, 5.41) is 1.13. The molecule has 0 atom stereocenters. The van der Waals surface area contributed by atoms with Crippen LogP contribution in [0, 0.1) is 5.82 Å². The maximum atomic E-state index is 13.9. The molecule has 2 heterocycles. The molecule has 0 unspecified atom stereocenters. The van der Waals surface area contributed by atoms with Crippen LogP contribution in [-0.4, -0.2) is 26.9 Å². The molecular formula is C17H14FN3O. The van der Waals surface area contributed by atoms with Crippen LogP contribution in [0.5, 0.6) is 0 Å². The topological polar surface area (TPSA) is 38.1 Å². The molecule has 0 saturated heterocycles. The van der Waals surface area contributed by atoms with E-state index < -0.39 is 0 Å². The van der Waals surface area contributed by atoms with Gasteiger partial charge in [-0.25, -0.2) is 9.37 Å². The van der Waals surface area contributed by atoms with Crippen LogP contribution >= 0.6 is 0 Å². The molecule has 1 aliphatic rings. The fourth-order valence-electron chi connectivity index (χ4n) is 2.97. The third-order valence-corrected chi connectivity index (χ3v) is 4.13. The molecule has 0 bridgehead atoms. The van der Waals surface area contributed by atoms with Gasteiger partial charge in [-0.15, -0.1) is 0 Å². The van der Waals surface area contributed by atoms with Gasteiger partial charge in [0, 0.05) is 36.4 Å². The van der Waals surface area contributed by atoms with Crippen LogP contribution in [0.2, 0.25) is 0 Å². The third-order valence-electron chi connectivity index (χ3n) is 4.13. The van der Waals surface area contributed by atoms with Gasteiger partial charge < -0.3 is 9.47 Å². The summed E-state index contributed by atoms with van der Waals surface area (Å²) in [6.07, 6.45) is 3.67. The lowest BCUT2D eigenvalue weighted by Crippen LogP contribution is -2.38.